The smallest absolute Gasteiger partial charge is 0.410 e. The average Bonchev–Trinajstić information content (AvgIpc) is 2.78. The van der Waals surface area contributed by atoms with E-state index in [2.05, 4.69) is 22.0 Å². The zero-order valence-electron chi connectivity index (χ0n) is 22.0. The van der Waals surface area contributed by atoms with E-state index < -0.39 is 11.6 Å². The highest BCUT2D eigenvalue weighted by atomic mass is 16.6. The summed E-state index contributed by atoms with van der Waals surface area (Å²) in [6.45, 7) is 8.65. The minimum atomic E-state index is -0.793. The van der Waals surface area contributed by atoms with Gasteiger partial charge in [0.05, 0.1) is 5.69 Å². The van der Waals surface area contributed by atoms with Crippen molar-refractivity contribution >= 4 is 12.1 Å². The number of fused-ring (bicyclic) bond motifs is 1. The molecule has 1 unspecified atom stereocenters. The molecule has 198 valence electrons. The summed E-state index contributed by atoms with van der Waals surface area (Å²) >= 11 is 0. The van der Waals surface area contributed by atoms with E-state index >= 15 is 0 Å². The molecule has 1 aromatic heterocycles. The number of rotatable bonds is 7. The minimum Gasteiger partial charge on any atom is -0.490 e. The molecule has 2 aliphatic heterocycles. The van der Waals surface area contributed by atoms with Gasteiger partial charge in [0.25, 0.3) is 0 Å². The van der Waals surface area contributed by atoms with E-state index in [9.17, 15) is 14.7 Å². The summed E-state index contributed by atoms with van der Waals surface area (Å²) in [5.74, 6) is 0.0277. The topological polar surface area (TPSA) is 92.2 Å². The van der Waals surface area contributed by atoms with Crippen molar-refractivity contribution in [3.8, 4) is 5.75 Å². The van der Waals surface area contributed by atoms with Crippen LogP contribution in [0.25, 0.3) is 0 Å². The van der Waals surface area contributed by atoms with Gasteiger partial charge in [-0.05, 0) is 51.7 Å². The Hall–Kier alpha value is -3.13. The molecule has 1 atom stereocenters. The van der Waals surface area contributed by atoms with Crippen molar-refractivity contribution in [3.05, 3.63) is 59.4 Å². The maximum atomic E-state index is 12.3. The van der Waals surface area contributed by atoms with E-state index in [0.29, 0.717) is 19.5 Å². The largest absolute Gasteiger partial charge is 0.490 e. The molecule has 1 amide bonds. The van der Waals surface area contributed by atoms with Crippen LogP contribution in [0.15, 0.2) is 42.6 Å². The van der Waals surface area contributed by atoms with Gasteiger partial charge >= 0.3 is 12.1 Å². The fourth-order valence-corrected chi connectivity index (χ4v) is 5.98. The number of carboxylic acid groups (broad SMARTS) is 1. The van der Waals surface area contributed by atoms with E-state index in [1.54, 1.807) is 11.1 Å². The molecule has 8 nitrogen and oxygen atoms in total. The number of pyridine rings is 1. The van der Waals surface area contributed by atoms with Gasteiger partial charge in [0.15, 0.2) is 0 Å². The van der Waals surface area contributed by atoms with Gasteiger partial charge in [0.1, 0.15) is 17.5 Å². The standard InChI is InChI=1S/C29H37N3O5/c1-28(2,3)37-27(35)32-18-29(19-32)15-21(16-29)36-24-11-13-30-22-12-14-31(17-20-7-5-4-6-8-20)23(26(22)24)9-10-25(33)34/h4-8,11,13,21,23H,9-10,12,14-19H2,1-3H3,(H,33,34). The van der Waals surface area contributed by atoms with Crippen molar-refractivity contribution < 1.29 is 24.2 Å². The van der Waals surface area contributed by atoms with Crippen LogP contribution in [0.1, 0.15) is 69.3 Å². The summed E-state index contributed by atoms with van der Waals surface area (Å²) in [4.78, 5) is 32.6. The number of carbonyl (C=O) groups is 2. The average molecular weight is 508 g/mol. The third-order valence-electron chi connectivity index (χ3n) is 7.62. The Morgan fingerprint density at radius 2 is 1.86 bits per heavy atom. The third kappa shape index (κ3) is 5.74. The molecule has 0 bridgehead atoms. The molecule has 8 heteroatoms. The second kappa shape index (κ2) is 9.97. The molecule has 1 N–H and O–H groups in total. The number of carbonyl (C=O) groups excluding carboxylic acids is 1. The van der Waals surface area contributed by atoms with Crippen LogP contribution in [0, 0.1) is 5.41 Å². The van der Waals surface area contributed by atoms with Crippen molar-refractivity contribution in [1.82, 2.24) is 14.8 Å². The molecule has 1 aliphatic carbocycles. The third-order valence-corrected chi connectivity index (χ3v) is 7.62. The van der Waals surface area contributed by atoms with Crippen molar-refractivity contribution in [2.45, 2.75) is 77.2 Å². The number of likely N-dealkylation sites (tertiary alicyclic amines) is 1. The Labute approximate surface area is 218 Å². The summed E-state index contributed by atoms with van der Waals surface area (Å²) in [5.41, 5.74) is 2.88. The van der Waals surface area contributed by atoms with Crippen LogP contribution < -0.4 is 4.74 Å². The van der Waals surface area contributed by atoms with E-state index in [4.69, 9.17) is 9.47 Å². The summed E-state index contributed by atoms with van der Waals surface area (Å²) < 4.78 is 12.0. The fourth-order valence-electron chi connectivity index (χ4n) is 5.98. The predicted octanol–water partition coefficient (Wildman–Crippen LogP) is 4.82. The van der Waals surface area contributed by atoms with Gasteiger partial charge < -0.3 is 19.5 Å². The summed E-state index contributed by atoms with van der Waals surface area (Å²) in [6.07, 6.45) is 4.85. The van der Waals surface area contributed by atoms with Gasteiger partial charge in [-0.15, -0.1) is 0 Å². The molecule has 1 saturated carbocycles. The van der Waals surface area contributed by atoms with Crippen LogP contribution in [0.3, 0.4) is 0 Å². The van der Waals surface area contributed by atoms with Crippen LogP contribution in [0.5, 0.6) is 5.75 Å². The fraction of sp³-hybridized carbons (Fsp3) is 0.552. The van der Waals surface area contributed by atoms with Crippen molar-refractivity contribution in [1.29, 1.82) is 0 Å². The number of ether oxygens (including phenoxy) is 2. The molecule has 5 rings (SSSR count). The second-order valence-electron chi connectivity index (χ2n) is 11.8. The molecule has 2 fully saturated rings. The number of carboxylic acids is 1. The van der Waals surface area contributed by atoms with Gasteiger partial charge in [0.2, 0.25) is 0 Å². The number of benzene rings is 1. The van der Waals surface area contributed by atoms with Crippen molar-refractivity contribution in [3.63, 3.8) is 0 Å². The Morgan fingerprint density at radius 1 is 1.14 bits per heavy atom. The molecular weight excluding hydrogens is 470 g/mol. The lowest BCUT2D eigenvalue weighted by atomic mass is 9.62. The van der Waals surface area contributed by atoms with Gasteiger partial charge in [-0.25, -0.2) is 4.79 Å². The first-order chi connectivity index (χ1) is 17.6. The molecule has 3 aliphatic rings. The molecule has 1 aromatic carbocycles. The summed E-state index contributed by atoms with van der Waals surface area (Å²) in [7, 11) is 0. The molecule has 1 spiro atoms. The molecule has 0 radical (unpaired) electrons. The zero-order chi connectivity index (χ0) is 26.2. The number of hydrogen-bond acceptors (Lipinski definition) is 6. The Kier molecular flexibility index (Phi) is 6.88. The van der Waals surface area contributed by atoms with E-state index in [1.807, 2.05) is 45.0 Å². The maximum absolute atomic E-state index is 12.3. The van der Waals surface area contributed by atoms with Gasteiger partial charge in [0, 0.05) is 62.2 Å². The summed E-state index contributed by atoms with van der Waals surface area (Å²) in [5, 5.41) is 9.44. The first-order valence-corrected chi connectivity index (χ1v) is 13.2. The Bertz CT molecular complexity index is 1130. The van der Waals surface area contributed by atoms with Crippen LogP contribution in [-0.4, -0.2) is 63.3 Å². The molecule has 37 heavy (non-hydrogen) atoms. The minimum absolute atomic E-state index is 0.0656. The van der Waals surface area contributed by atoms with Crippen LogP contribution in [-0.2, 0) is 22.5 Å². The Morgan fingerprint density at radius 3 is 2.54 bits per heavy atom. The second-order valence-corrected chi connectivity index (χ2v) is 11.8. The van der Waals surface area contributed by atoms with Crippen molar-refractivity contribution in [2.75, 3.05) is 19.6 Å². The summed E-state index contributed by atoms with van der Waals surface area (Å²) in [6, 6.07) is 12.2. The lowest BCUT2D eigenvalue weighted by Crippen LogP contribution is -2.66. The van der Waals surface area contributed by atoms with Gasteiger partial charge in [-0.1, -0.05) is 30.3 Å². The lowest BCUT2D eigenvalue weighted by Gasteiger charge is -2.58. The van der Waals surface area contributed by atoms with E-state index in [0.717, 1.165) is 49.4 Å². The first-order valence-electron chi connectivity index (χ1n) is 13.2. The van der Waals surface area contributed by atoms with Crippen molar-refractivity contribution in [2.24, 2.45) is 5.41 Å². The molecule has 1 saturated heterocycles. The molecule has 2 aromatic rings. The number of aromatic nitrogens is 1. The lowest BCUT2D eigenvalue weighted by molar-refractivity contribution is -0.137. The number of amides is 1. The number of nitrogens with zero attached hydrogens (tertiary/aromatic N) is 3. The first kappa shape index (κ1) is 25.5. The van der Waals surface area contributed by atoms with Crippen LogP contribution in [0.2, 0.25) is 0 Å². The highest BCUT2D eigenvalue weighted by Crippen LogP contribution is 2.51. The Balaban J connectivity index is 1.27. The van der Waals surface area contributed by atoms with E-state index in [-0.39, 0.29) is 30.1 Å². The van der Waals surface area contributed by atoms with Crippen LogP contribution >= 0.6 is 0 Å². The monoisotopic (exact) mass is 507 g/mol. The highest BCUT2D eigenvalue weighted by Gasteiger charge is 2.55. The number of aliphatic carboxylic acids is 1. The predicted molar refractivity (Wildman–Crippen MR) is 138 cm³/mol. The van der Waals surface area contributed by atoms with E-state index in [1.165, 1.54) is 5.56 Å². The molecule has 3 heterocycles. The highest BCUT2D eigenvalue weighted by molar-refractivity contribution is 5.69. The zero-order valence-corrected chi connectivity index (χ0v) is 22.0. The normalized spacial score (nSPS) is 21.1. The van der Waals surface area contributed by atoms with Gasteiger partial charge in [-0.2, -0.15) is 0 Å². The van der Waals surface area contributed by atoms with Gasteiger partial charge in [-0.3, -0.25) is 14.7 Å². The molecular formula is C29H37N3O5. The maximum Gasteiger partial charge on any atom is 0.410 e. The SMILES string of the molecule is CC(C)(C)OC(=O)N1CC2(CC(Oc3ccnc4c3C(CCC(=O)O)N(Cc3ccccc3)CC4)C2)C1. The quantitative estimate of drug-likeness (QED) is 0.574. The number of hydrogen-bond donors (Lipinski definition) is 1. The van der Waals surface area contributed by atoms with Crippen LogP contribution in [0.4, 0.5) is 4.79 Å².